The van der Waals surface area contributed by atoms with Crippen molar-refractivity contribution in [3.63, 3.8) is 0 Å². The summed E-state index contributed by atoms with van der Waals surface area (Å²) in [5.74, 6) is -0.338. The molecule has 0 aromatic rings. The molecular weight excluding hydrogens is 709 g/mol. The van der Waals surface area contributed by atoms with Crippen LogP contribution in [-0.2, 0) is 27.9 Å². The fourth-order valence-corrected chi connectivity index (χ4v) is 7.39. The van der Waals surface area contributed by atoms with Crippen molar-refractivity contribution < 1.29 is 37.3 Å². The van der Waals surface area contributed by atoms with Gasteiger partial charge in [0.2, 0.25) is 0 Å². The molecule has 0 bridgehead atoms. The third kappa shape index (κ3) is 44.2. The third-order valence-electron chi connectivity index (χ3n) is 10.3. The van der Waals surface area contributed by atoms with Crippen molar-refractivity contribution in [1.29, 1.82) is 0 Å². The van der Waals surface area contributed by atoms with Crippen LogP contribution < -0.4 is 4.89 Å². The number of phosphoric ester groups is 1. The smallest absolute Gasteiger partial charge is 0.306 e. The van der Waals surface area contributed by atoms with Gasteiger partial charge < -0.3 is 27.9 Å². The average molecular weight is 802 g/mol. The summed E-state index contributed by atoms with van der Waals surface area (Å²) < 4.78 is 34.6. The van der Waals surface area contributed by atoms with Crippen molar-refractivity contribution >= 4 is 13.8 Å². The minimum Gasteiger partial charge on any atom is -0.756 e. The van der Waals surface area contributed by atoms with E-state index < -0.39 is 13.9 Å². The van der Waals surface area contributed by atoms with Gasteiger partial charge in [0.05, 0.1) is 34.4 Å². The second-order valence-corrected chi connectivity index (χ2v) is 18.5. The number of phosphoric acid groups is 1. The van der Waals surface area contributed by atoms with Crippen molar-refractivity contribution in [3.05, 3.63) is 12.2 Å². The molecule has 0 aromatic carbocycles. The van der Waals surface area contributed by atoms with Gasteiger partial charge in [-0.25, -0.2) is 0 Å². The highest BCUT2D eigenvalue weighted by Crippen LogP contribution is 2.38. The topological polar surface area (TPSA) is 94.1 Å². The number of esters is 1. The number of allylic oxidation sites excluding steroid dienone is 2. The number of carbonyl (C=O) groups is 1. The highest BCUT2D eigenvalue weighted by Gasteiger charge is 2.20. The molecular formula is C46H92NO7P. The Morgan fingerprint density at radius 2 is 0.945 bits per heavy atom. The lowest BCUT2D eigenvalue weighted by molar-refractivity contribution is -0.870. The van der Waals surface area contributed by atoms with Crippen LogP contribution in [-0.4, -0.2) is 70.7 Å². The van der Waals surface area contributed by atoms with Gasteiger partial charge in [0.15, 0.2) is 0 Å². The van der Waals surface area contributed by atoms with Gasteiger partial charge in [0.25, 0.3) is 7.82 Å². The molecule has 0 saturated heterocycles. The van der Waals surface area contributed by atoms with E-state index in [-0.39, 0.29) is 25.8 Å². The number of hydrogen-bond acceptors (Lipinski definition) is 7. The molecule has 0 fully saturated rings. The van der Waals surface area contributed by atoms with Crippen molar-refractivity contribution in [1.82, 2.24) is 0 Å². The van der Waals surface area contributed by atoms with Gasteiger partial charge in [-0.3, -0.25) is 9.36 Å². The van der Waals surface area contributed by atoms with Gasteiger partial charge in [-0.15, -0.1) is 0 Å². The van der Waals surface area contributed by atoms with Crippen LogP contribution in [0.4, 0.5) is 0 Å². The molecule has 8 nitrogen and oxygen atoms in total. The molecule has 2 atom stereocenters. The molecule has 0 aromatic heterocycles. The van der Waals surface area contributed by atoms with Crippen LogP contribution in [0.5, 0.6) is 0 Å². The van der Waals surface area contributed by atoms with E-state index in [4.69, 9.17) is 18.5 Å². The fraction of sp³-hybridized carbons (Fsp3) is 0.935. The molecule has 55 heavy (non-hydrogen) atoms. The molecule has 1 unspecified atom stereocenters. The predicted octanol–water partition coefficient (Wildman–Crippen LogP) is 13.2. The van der Waals surface area contributed by atoms with Crippen LogP contribution >= 0.6 is 7.82 Å². The summed E-state index contributed by atoms with van der Waals surface area (Å²) in [4.78, 5) is 25.1. The monoisotopic (exact) mass is 802 g/mol. The highest BCUT2D eigenvalue weighted by atomic mass is 31.2. The first-order valence-electron chi connectivity index (χ1n) is 23.4. The highest BCUT2D eigenvalue weighted by molar-refractivity contribution is 7.45. The van der Waals surface area contributed by atoms with E-state index in [2.05, 4.69) is 26.0 Å². The largest absolute Gasteiger partial charge is 0.756 e. The minimum absolute atomic E-state index is 0.0279. The SMILES string of the molecule is CCCCCCCCCC/C=C\CCCCCCCC(=O)O[C@H](COCCCCCCCCCCCCCCCCCC)COP(=O)([O-])OCC[N+](C)(C)C. The Balaban J connectivity index is 4.18. The Hall–Kier alpha value is -0.760. The van der Waals surface area contributed by atoms with Crippen molar-refractivity contribution in [2.24, 2.45) is 0 Å². The third-order valence-corrected chi connectivity index (χ3v) is 11.3. The van der Waals surface area contributed by atoms with Gasteiger partial charge in [-0.05, 0) is 38.5 Å². The van der Waals surface area contributed by atoms with Crippen LogP contribution in [0.1, 0.15) is 219 Å². The summed E-state index contributed by atoms with van der Waals surface area (Å²) >= 11 is 0. The molecule has 0 aliphatic carbocycles. The van der Waals surface area contributed by atoms with Gasteiger partial charge in [-0.1, -0.05) is 187 Å². The molecule has 0 radical (unpaired) electrons. The molecule has 0 saturated carbocycles. The molecule has 0 N–H and O–H groups in total. The summed E-state index contributed by atoms with van der Waals surface area (Å²) in [7, 11) is 1.36. The Labute approximate surface area is 341 Å². The molecule has 0 aliphatic rings. The fourth-order valence-electron chi connectivity index (χ4n) is 6.66. The van der Waals surface area contributed by atoms with Crippen molar-refractivity contribution in [2.75, 3.05) is 54.1 Å². The van der Waals surface area contributed by atoms with E-state index in [1.165, 1.54) is 154 Å². The number of unbranched alkanes of at least 4 members (excludes halogenated alkanes) is 28. The van der Waals surface area contributed by atoms with Crippen LogP contribution in [0.3, 0.4) is 0 Å². The zero-order valence-corrected chi connectivity index (χ0v) is 38.0. The van der Waals surface area contributed by atoms with Crippen LogP contribution in [0.2, 0.25) is 0 Å². The maximum Gasteiger partial charge on any atom is 0.306 e. The number of quaternary nitrogens is 1. The zero-order chi connectivity index (χ0) is 40.6. The lowest BCUT2D eigenvalue weighted by Gasteiger charge is -2.28. The number of likely N-dealkylation sites (N-methyl/N-ethyl adjacent to an activating group) is 1. The molecule has 0 amide bonds. The lowest BCUT2D eigenvalue weighted by atomic mass is 10.0. The van der Waals surface area contributed by atoms with Crippen molar-refractivity contribution in [3.8, 4) is 0 Å². The maximum atomic E-state index is 12.7. The van der Waals surface area contributed by atoms with Crippen molar-refractivity contribution in [2.45, 2.75) is 225 Å². The number of nitrogens with zero attached hydrogens (tertiary/aromatic N) is 1. The number of ether oxygens (including phenoxy) is 2. The lowest BCUT2D eigenvalue weighted by Crippen LogP contribution is -2.37. The molecule has 0 aliphatic heterocycles. The minimum atomic E-state index is -4.52. The van der Waals surface area contributed by atoms with E-state index >= 15 is 0 Å². The summed E-state index contributed by atoms with van der Waals surface area (Å²) in [6.45, 7) is 5.45. The summed E-state index contributed by atoms with van der Waals surface area (Å²) in [6, 6.07) is 0. The zero-order valence-electron chi connectivity index (χ0n) is 37.1. The van der Waals surface area contributed by atoms with E-state index in [1.807, 2.05) is 21.1 Å². The number of carbonyl (C=O) groups excluding carboxylic acids is 1. The summed E-state index contributed by atoms with van der Waals surface area (Å²) in [6.07, 6.45) is 43.6. The van der Waals surface area contributed by atoms with E-state index in [0.29, 0.717) is 24.1 Å². The summed E-state index contributed by atoms with van der Waals surface area (Å²) in [5, 5.41) is 0. The average Bonchev–Trinajstić information content (AvgIpc) is 3.13. The number of rotatable bonds is 44. The number of hydrogen-bond donors (Lipinski definition) is 0. The van der Waals surface area contributed by atoms with Crippen LogP contribution in [0.15, 0.2) is 12.2 Å². The standard InChI is InChI=1S/C46H92NO7P/c1-6-8-10-12-14-16-18-20-22-24-25-27-29-31-33-35-37-39-46(48)54-45(44-53-55(49,50)52-42-40-47(3,4)5)43-51-41-38-36-34-32-30-28-26-23-21-19-17-15-13-11-9-7-2/h24-25,45H,6-23,26-44H2,1-5H3/b25-24-/t45-/m1/s1. The normalized spacial score (nSPS) is 13.8. The van der Waals surface area contributed by atoms with Gasteiger partial charge in [0, 0.05) is 13.0 Å². The van der Waals surface area contributed by atoms with Gasteiger partial charge in [0.1, 0.15) is 19.3 Å². The van der Waals surface area contributed by atoms with Gasteiger partial charge >= 0.3 is 5.97 Å². The molecule has 0 spiro atoms. The molecule has 9 heteroatoms. The van der Waals surface area contributed by atoms with Crippen LogP contribution in [0, 0.1) is 0 Å². The maximum absolute atomic E-state index is 12.7. The van der Waals surface area contributed by atoms with Gasteiger partial charge in [-0.2, -0.15) is 0 Å². The van der Waals surface area contributed by atoms with Crippen LogP contribution in [0.25, 0.3) is 0 Å². The molecule has 0 rings (SSSR count). The Morgan fingerprint density at radius 3 is 1.38 bits per heavy atom. The molecule has 0 heterocycles. The Morgan fingerprint density at radius 1 is 0.545 bits per heavy atom. The molecule has 328 valence electrons. The predicted molar refractivity (Wildman–Crippen MR) is 231 cm³/mol. The summed E-state index contributed by atoms with van der Waals surface area (Å²) in [5.41, 5.74) is 0. The quantitative estimate of drug-likeness (QED) is 0.0199. The Bertz CT molecular complexity index is 894. The van der Waals surface area contributed by atoms with E-state index in [9.17, 15) is 14.3 Å². The first-order valence-corrected chi connectivity index (χ1v) is 24.9. The first kappa shape index (κ1) is 54.2. The van der Waals surface area contributed by atoms with E-state index in [0.717, 1.165) is 44.9 Å². The Kier molecular flexibility index (Phi) is 39.5. The van der Waals surface area contributed by atoms with E-state index in [1.54, 1.807) is 0 Å². The second-order valence-electron chi connectivity index (χ2n) is 17.1. The first-order chi connectivity index (χ1) is 26.6. The second kappa shape index (κ2) is 40.0.